The van der Waals surface area contributed by atoms with Crippen LogP contribution in [-0.4, -0.2) is 40.5 Å². The summed E-state index contributed by atoms with van der Waals surface area (Å²) < 4.78 is 0. The lowest BCUT2D eigenvalue weighted by Crippen LogP contribution is -2.34. The minimum atomic E-state index is -0.901. The fraction of sp³-hybridized carbons (Fsp3) is 0.312. The highest BCUT2D eigenvalue weighted by Gasteiger charge is 2.17. The van der Waals surface area contributed by atoms with E-state index in [1.807, 2.05) is 30.3 Å². The van der Waals surface area contributed by atoms with Crippen molar-refractivity contribution in [1.82, 2.24) is 9.88 Å². The van der Waals surface area contributed by atoms with E-state index < -0.39 is 11.9 Å². The van der Waals surface area contributed by atoms with Crippen LogP contribution in [0.1, 0.15) is 12.5 Å². The molecule has 0 aliphatic heterocycles. The molecule has 0 radical (unpaired) electrons. The Labute approximate surface area is 123 Å². The maximum absolute atomic E-state index is 12.1. The van der Waals surface area contributed by atoms with E-state index in [4.69, 9.17) is 5.11 Å². The molecule has 110 valence electrons. The van der Waals surface area contributed by atoms with Crippen LogP contribution in [0.3, 0.4) is 0 Å². The predicted molar refractivity (Wildman–Crippen MR) is 79.9 cm³/mol. The number of fused-ring (bicyclic) bond motifs is 1. The SMILES string of the molecule is CC(CN(C)C(=O)Cc1cnc2ccccc2c1)C(=O)O. The van der Waals surface area contributed by atoms with E-state index in [9.17, 15) is 9.59 Å². The van der Waals surface area contributed by atoms with Crippen molar-refractivity contribution in [3.8, 4) is 0 Å². The summed E-state index contributed by atoms with van der Waals surface area (Å²) >= 11 is 0. The number of para-hydroxylation sites is 1. The van der Waals surface area contributed by atoms with Gasteiger partial charge in [-0.1, -0.05) is 25.1 Å². The Kier molecular flexibility index (Phi) is 4.52. The highest BCUT2D eigenvalue weighted by molar-refractivity contribution is 5.83. The Bertz CT molecular complexity index is 669. The molecule has 21 heavy (non-hydrogen) atoms. The highest BCUT2D eigenvalue weighted by atomic mass is 16.4. The summed E-state index contributed by atoms with van der Waals surface area (Å²) in [5.41, 5.74) is 1.72. The molecule has 1 atom stereocenters. The first-order chi connectivity index (χ1) is 9.97. The average Bonchev–Trinajstić information content (AvgIpc) is 2.46. The molecule has 0 saturated carbocycles. The number of rotatable bonds is 5. The van der Waals surface area contributed by atoms with Crippen LogP contribution in [0.25, 0.3) is 10.9 Å². The van der Waals surface area contributed by atoms with Gasteiger partial charge in [-0.05, 0) is 17.7 Å². The topological polar surface area (TPSA) is 70.5 Å². The Balaban J connectivity index is 2.05. The van der Waals surface area contributed by atoms with E-state index in [0.717, 1.165) is 16.5 Å². The van der Waals surface area contributed by atoms with Crippen LogP contribution in [0.4, 0.5) is 0 Å². The number of carbonyl (C=O) groups excluding carboxylic acids is 1. The second kappa shape index (κ2) is 6.35. The number of benzene rings is 1. The van der Waals surface area contributed by atoms with Crippen LogP contribution in [0, 0.1) is 5.92 Å². The number of hydrogen-bond donors (Lipinski definition) is 1. The summed E-state index contributed by atoms with van der Waals surface area (Å²) in [6.45, 7) is 1.79. The number of aromatic nitrogens is 1. The first-order valence-corrected chi connectivity index (χ1v) is 6.78. The van der Waals surface area contributed by atoms with E-state index in [0.29, 0.717) is 0 Å². The van der Waals surface area contributed by atoms with Crippen molar-refractivity contribution in [1.29, 1.82) is 0 Å². The summed E-state index contributed by atoms with van der Waals surface area (Å²) in [5, 5.41) is 9.86. The Hall–Kier alpha value is -2.43. The lowest BCUT2D eigenvalue weighted by atomic mass is 10.1. The van der Waals surface area contributed by atoms with Crippen molar-refractivity contribution >= 4 is 22.8 Å². The summed E-state index contributed by atoms with van der Waals surface area (Å²) in [4.78, 5) is 28.7. The number of nitrogens with zero attached hydrogens (tertiary/aromatic N) is 2. The van der Waals surface area contributed by atoms with Crippen LogP contribution < -0.4 is 0 Å². The van der Waals surface area contributed by atoms with Crippen molar-refractivity contribution in [2.45, 2.75) is 13.3 Å². The minimum Gasteiger partial charge on any atom is -0.481 e. The zero-order valence-corrected chi connectivity index (χ0v) is 12.1. The molecule has 0 spiro atoms. The van der Waals surface area contributed by atoms with Crippen molar-refractivity contribution < 1.29 is 14.7 Å². The van der Waals surface area contributed by atoms with E-state index in [1.54, 1.807) is 20.2 Å². The summed E-state index contributed by atoms with van der Waals surface area (Å²) in [5.74, 6) is -1.59. The quantitative estimate of drug-likeness (QED) is 0.912. The normalized spacial score (nSPS) is 12.1. The van der Waals surface area contributed by atoms with Crippen LogP contribution >= 0.6 is 0 Å². The third kappa shape index (κ3) is 3.78. The molecule has 1 aromatic heterocycles. The van der Waals surface area contributed by atoms with Crippen LogP contribution in [0.2, 0.25) is 0 Å². The lowest BCUT2D eigenvalue weighted by Gasteiger charge is -2.19. The number of carbonyl (C=O) groups is 2. The van der Waals surface area contributed by atoms with Gasteiger partial charge >= 0.3 is 5.97 Å². The molecular weight excluding hydrogens is 268 g/mol. The smallest absolute Gasteiger partial charge is 0.308 e. The molecule has 5 heteroatoms. The second-order valence-corrected chi connectivity index (χ2v) is 5.23. The van der Waals surface area contributed by atoms with Gasteiger partial charge in [0.05, 0.1) is 17.9 Å². The Morgan fingerprint density at radius 3 is 2.76 bits per heavy atom. The number of carboxylic acid groups (broad SMARTS) is 1. The van der Waals surface area contributed by atoms with Gasteiger partial charge in [0.15, 0.2) is 0 Å². The van der Waals surface area contributed by atoms with Gasteiger partial charge in [0.1, 0.15) is 0 Å². The molecule has 2 aromatic rings. The van der Waals surface area contributed by atoms with E-state index in [1.165, 1.54) is 4.90 Å². The van der Waals surface area contributed by atoms with Gasteiger partial charge in [0.25, 0.3) is 0 Å². The largest absolute Gasteiger partial charge is 0.481 e. The molecule has 1 heterocycles. The molecule has 0 bridgehead atoms. The number of aliphatic carboxylic acids is 1. The Morgan fingerprint density at radius 1 is 1.33 bits per heavy atom. The maximum Gasteiger partial charge on any atom is 0.308 e. The molecule has 1 aromatic carbocycles. The summed E-state index contributed by atoms with van der Waals surface area (Å²) in [7, 11) is 1.62. The maximum atomic E-state index is 12.1. The van der Waals surface area contributed by atoms with Crippen molar-refractivity contribution in [2.24, 2.45) is 5.92 Å². The van der Waals surface area contributed by atoms with Gasteiger partial charge in [0.2, 0.25) is 5.91 Å². The second-order valence-electron chi connectivity index (χ2n) is 5.23. The van der Waals surface area contributed by atoms with E-state index >= 15 is 0 Å². The fourth-order valence-electron chi connectivity index (χ4n) is 2.11. The molecule has 1 unspecified atom stereocenters. The molecule has 0 fully saturated rings. The van der Waals surface area contributed by atoms with Gasteiger partial charge in [-0.3, -0.25) is 14.6 Å². The monoisotopic (exact) mass is 286 g/mol. The van der Waals surface area contributed by atoms with Crippen molar-refractivity contribution in [3.05, 3.63) is 42.1 Å². The van der Waals surface area contributed by atoms with Gasteiger partial charge in [0, 0.05) is 25.2 Å². The number of carboxylic acids is 1. The molecule has 0 aliphatic carbocycles. The Morgan fingerprint density at radius 2 is 2.05 bits per heavy atom. The van der Waals surface area contributed by atoms with Crippen molar-refractivity contribution in [3.63, 3.8) is 0 Å². The molecule has 0 saturated heterocycles. The molecular formula is C16H18N2O3. The minimum absolute atomic E-state index is 0.111. The van der Waals surface area contributed by atoms with E-state index in [-0.39, 0.29) is 18.9 Å². The lowest BCUT2D eigenvalue weighted by molar-refractivity contribution is -0.142. The van der Waals surface area contributed by atoms with E-state index in [2.05, 4.69) is 4.98 Å². The molecule has 1 amide bonds. The van der Waals surface area contributed by atoms with Crippen LogP contribution in [-0.2, 0) is 16.0 Å². The van der Waals surface area contributed by atoms with Gasteiger partial charge in [-0.25, -0.2) is 0 Å². The highest BCUT2D eigenvalue weighted by Crippen LogP contribution is 2.13. The third-order valence-electron chi connectivity index (χ3n) is 3.40. The van der Waals surface area contributed by atoms with Crippen molar-refractivity contribution in [2.75, 3.05) is 13.6 Å². The fourth-order valence-corrected chi connectivity index (χ4v) is 2.11. The first-order valence-electron chi connectivity index (χ1n) is 6.78. The zero-order chi connectivity index (χ0) is 15.4. The van der Waals surface area contributed by atoms with Crippen LogP contribution in [0.15, 0.2) is 36.5 Å². The van der Waals surface area contributed by atoms with Gasteiger partial charge in [-0.15, -0.1) is 0 Å². The van der Waals surface area contributed by atoms with Crippen LogP contribution in [0.5, 0.6) is 0 Å². The van der Waals surface area contributed by atoms with Gasteiger partial charge < -0.3 is 10.0 Å². The molecule has 5 nitrogen and oxygen atoms in total. The molecule has 0 aliphatic rings. The average molecular weight is 286 g/mol. The number of hydrogen-bond acceptors (Lipinski definition) is 3. The zero-order valence-electron chi connectivity index (χ0n) is 12.1. The number of likely N-dealkylation sites (N-methyl/N-ethyl adjacent to an activating group) is 1. The summed E-state index contributed by atoms with van der Waals surface area (Å²) in [6.07, 6.45) is 1.91. The number of amides is 1. The summed E-state index contributed by atoms with van der Waals surface area (Å²) in [6, 6.07) is 9.65. The van der Waals surface area contributed by atoms with Gasteiger partial charge in [-0.2, -0.15) is 0 Å². The first kappa shape index (κ1) is 15.0. The number of pyridine rings is 1. The standard InChI is InChI=1S/C16H18N2O3/c1-11(16(20)21)10-18(2)15(19)8-12-7-13-5-3-4-6-14(13)17-9-12/h3-7,9,11H,8,10H2,1-2H3,(H,20,21). The molecule has 1 N–H and O–H groups in total. The third-order valence-corrected chi connectivity index (χ3v) is 3.40. The molecule has 2 rings (SSSR count). The predicted octanol–water partition coefficient (Wildman–Crippen LogP) is 1.96.